The minimum Gasteiger partial charge on any atom is -0.314 e. The molecule has 0 aromatic carbocycles. The van der Waals surface area contributed by atoms with Crippen molar-refractivity contribution in [1.82, 2.24) is 10.3 Å². The smallest absolute Gasteiger partial charge is 0.229 e. The summed E-state index contributed by atoms with van der Waals surface area (Å²) in [6.45, 7) is 3.03. The second kappa shape index (κ2) is 6.56. The van der Waals surface area contributed by atoms with Gasteiger partial charge in [-0.3, -0.25) is 4.79 Å². The Bertz CT molecular complexity index is 640. The first kappa shape index (κ1) is 15.1. The van der Waals surface area contributed by atoms with E-state index < -0.39 is 0 Å². The van der Waals surface area contributed by atoms with E-state index in [1.54, 1.807) is 11.3 Å². The average Bonchev–Trinajstić information content (AvgIpc) is 3.07. The van der Waals surface area contributed by atoms with E-state index in [9.17, 15) is 4.79 Å². The SMILES string of the molecule is C[C@H]1C[C@@H](C(=O)Nc2nc(-c3cc(Br)cs3)cs2)CCN1. The second-order valence-corrected chi connectivity index (χ2v) is 7.92. The zero-order valence-electron chi connectivity index (χ0n) is 11.6. The van der Waals surface area contributed by atoms with Gasteiger partial charge in [-0.25, -0.2) is 4.98 Å². The fourth-order valence-electron chi connectivity index (χ4n) is 2.47. The quantitative estimate of drug-likeness (QED) is 0.840. The van der Waals surface area contributed by atoms with E-state index in [4.69, 9.17) is 0 Å². The maximum Gasteiger partial charge on any atom is 0.229 e. The van der Waals surface area contributed by atoms with Crippen LogP contribution in [0.1, 0.15) is 19.8 Å². The standard InChI is InChI=1S/C14H16BrN3OS2/c1-8-4-9(2-3-16-8)13(19)18-14-17-11(7-21-14)12-5-10(15)6-20-12/h5-9,16H,2-4H2,1H3,(H,17,18,19)/t8-,9-/m0/s1. The topological polar surface area (TPSA) is 54.0 Å². The number of halogens is 1. The summed E-state index contributed by atoms with van der Waals surface area (Å²) in [5.74, 6) is 0.182. The van der Waals surface area contributed by atoms with Crippen LogP contribution in [0, 0.1) is 5.92 Å². The van der Waals surface area contributed by atoms with Crippen LogP contribution < -0.4 is 10.6 Å². The van der Waals surface area contributed by atoms with E-state index in [0.29, 0.717) is 11.2 Å². The Kier molecular flexibility index (Phi) is 4.73. The molecule has 21 heavy (non-hydrogen) atoms. The van der Waals surface area contributed by atoms with Gasteiger partial charge in [0.2, 0.25) is 5.91 Å². The van der Waals surface area contributed by atoms with Gasteiger partial charge in [0.15, 0.2) is 5.13 Å². The van der Waals surface area contributed by atoms with E-state index >= 15 is 0 Å². The van der Waals surface area contributed by atoms with Gasteiger partial charge in [0.05, 0.1) is 10.6 Å². The molecule has 1 aliphatic heterocycles. The van der Waals surface area contributed by atoms with Crippen molar-refractivity contribution in [1.29, 1.82) is 0 Å². The number of carbonyl (C=O) groups is 1. The fourth-order valence-corrected chi connectivity index (χ4v) is 4.65. The number of hydrogen-bond acceptors (Lipinski definition) is 5. The van der Waals surface area contributed by atoms with Crippen molar-refractivity contribution in [3.8, 4) is 10.6 Å². The maximum atomic E-state index is 12.3. The lowest BCUT2D eigenvalue weighted by molar-refractivity contribution is -0.120. The summed E-state index contributed by atoms with van der Waals surface area (Å²) < 4.78 is 1.06. The Labute approximate surface area is 140 Å². The van der Waals surface area contributed by atoms with Crippen molar-refractivity contribution in [2.75, 3.05) is 11.9 Å². The van der Waals surface area contributed by atoms with Crippen LogP contribution >= 0.6 is 38.6 Å². The summed E-state index contributed by atoms with van der Waals surface area (Å²) in [5, 5.41) is 11.0. The predicted molar refractivity (Wildman–Crippen MR) is 91.9 cm³/mol. The Morgan fingerprint density at radius 2 is 2.33 bits per heavy atom. The summed E-state index contributed by atoms with van der Waals surface area (Å²) >= 11 is 6.56. The first-order valence-electron chi connectivity index (χ1n) is 6.86. The van der Waals surface area contributed by atoms with E-state index in [-0.39, 0.29) is 11.8 Å². The van der Waals surface area contributed by atoms with Crippen LogP contribution in [0.4, 0.5) is 5.13 Å². The Morgan fingerprint density at radius 3 is 3.05 bits per heavy atom. The Balaban J connectivity index is 1.65. The average molecular weight is 386 g/mol. The third-order valence-corrected chi connectivity index (χ3v) is 6.02. The highest BCUT2D eigenvalue weighted by molar-refractivity contribution is 9.10. The summed E-state index contributed by atoms with van der Waals surface area (Å²) in [6, 6.07) is 2.45. The lowest BCUT2D eigenvalue weighted by atomic mass is 9.93. The van der Waals surface area contributed by atoms with Gasteiger partial charge in [0, 0.05) is 27.2 Å². The lowest BCUT2D eigenvalue weighted by Gasteiger charge is -2.26. The number of rotatable bonds is 3. The number of anilines is 1. The Morgan fingerprint density at radius 1 is 1.48 bits per heavy atom. The number of nitrogens with one attached hydrogen (secondary N) is 2. The first-order chi connectivity index (χ1) is 10.1. The van der Waals surface area contributed by atoms with Crippen LogP contribution in [0.3, 0.4) is 0 Å². The van der Waals surface area contributed by atoms with Gasteiger partial charge in [0.25, 0.3) is 0 Å². The molecule has 1 amide bonds. The van der Waals surface area contributed by atoms with Crippen LogP contribution in [0.2, 0.25) is 0 Å². The summed E-state index contributed by atoms with van der Waals surface area (Å²) in [4.78, 5) is 17.9. The van der Waals surface area contributed by atoms with E-state index in [2.05, 4.69) is 38.5 Å². The normalized spacial score (nSPS) is 22.2. The summed E-state index contributed by atoms with van der Waals surface area (Å²) in [5.41, 5.74) is 0.921. The predicted octanol–water partition coefficient (Wildman–Crippen LogP) is 3.96. The van der Waals surface area contributed by atoms with Crippen LogP contribution in [-0.2, 0) is 4.79 Å². The molecule has 2 aromatic heterocycles. The number of carbonyl (C=O) groups excluding carboxylic acids is 1. The number of hydrogen-bond donors (Lipinski definition) is 2. The van der Waals surface area contributed by atoms with Gasteiger partial charge in [-0.05, 0) is 48.3 Å². The Hall–Kier alpha value is -0.760. The van der Waals surface area contributed by atoms with Crippen LogP contribution in [0.25, 0.3) is 10.6 Å². The van der Waals surface area contributed by atoms with Gasteiger partial charge in [-0.1, -0.05) is 0 Å². The molecule has 4 nitrogen and oxygen atoms in total. The van der Waals surface area contributed by atoms with Crippen molar-refractivity contribution in [3.05, 3.63) is 21.3 Å². The molecule has 2 atom stereocenters. The maximum absolute atomic E-state index is 12.3. The molecule has 2 N–H and O–H groups in total. The highest BCUT2D eigenvalue weighted by Crippen LogP contribution is 2.32. The number of nitrogens with zero attached hydrogens (tertiary/aromatic N) is 1. The number of amides is 1. The minimum absolute atomic E-state index is 0.0875. The molecule has 0 bridgehead atoms. The molecule has 112 valence electrons. The van der Waals surface area contributed by atoms with Crippen molar-refractivity contribution < 1.29 is 4.79 Å². The minimum atomic E-state index is 0.0875. The van der Waals surface area contributed by atoms with E-state index in [1.807, 2.05) is 16.8 Å². The summed E-state index contributed by atoms with van der Waals surface area (Å²) in [7, 11) is 0. The molecule has 3 rings (SSSR count). The lowest BCUT2D eigenvalue weighted by Crippen LogP contribution is -2.40. The zero-order chi connectivity index (χ0) is 14.8. The molecule has 3 heterocycles. The molecule has 0 spiro atoms. The van der Waals surface area contributed by atoms with Gasteiger partial charge in [-0.2, -0.15) is 0 Å². The third kappa shape index (κ3) is 3.71. The van der Waals surface area contributed by atoms with Crippen LogP contribution in [0.5, 0.6) is 0 Å². The van der Waals surface area contributed by atoms with Gasteiger partial charge < -0.3 is 10.6 Å². The second-order valence-electron chi connectivity index (χ2n) is 5.23. The van der Waals surface area contributed by atoms with Crippen molar-refractivity contribution in [2.45, 2.75) is 25.8 Å². The molecule has 0 unspecified atom stereocenters. The number of piperidine rings is 1. The van der Waals surface area contributed by atoms with Crippen molar-refractivity contribution >= 4 is 49.6 Å². The molecule has 2 aromatic rings. The third-order valence-electron chi connectivity index (χ3n) is 3.55. The molecule has 0 saturated carbocycles. The molecule has 1 fully saturated rings. The largest absolute Gasteiger partial charge is 0.314 e. The van der Waals surface area contributed by atoms with E-state index in [1.165, 1.54) is 11.3 Å². The molecule has 1 aliphatic rings. The fraction of sp³-hybridized carbons (Fsp3) is 0.429. The highest BCUT2D eigenvalue weighted by atomic mass is 79.9. The zero-order valence-corrected chi connectivity index (χ0v) is 14.8. The molecule has 1 saturated heterocycles. The molecule has 0 aliphatic carbocycles. The van der Waals surface area contributed by atoms with Crippen LogP contribution in [-0.4, -0.2) is 23.5 Å². The molecule has 7 heteroatoms. The molecular weight excluding hydrogens is 370 g/mol. The number of thiophene rings is 1. The van der Waals surface area contributed by atoms with Crippen LogP contribution in [0.15, 0.2) is 21.3 Å². The van der Waals surface area contributed by atoms with Crippen molar-refractivity contribution in [2.24, 2.45) is 5.92 Å². The monoisotopic (exact) mass is 385 g/mol. The summed E-state index contributed by atoms with van der Waals surface area (Å²) in [6.07, 6.45) is 1.79. The first-order valence-corrected chi connectivity index (χ1v) is 9.41. The van der Waals surface area contributed by atoms with Crippen molar-refractivity contribution in [3.63, 3.8) is 0 Å². The molecule has 0 radical (unpaired) electrons. The van der Waals surface area contributed by atoms with Gasteiger partial charge in [0.1, 0.15) is 0 Å². The molecular formula is C14H16BrN3OS2. The highest BCUT2D eigenvalue weighted by Gasteiger charge is 2.25. The number of thiazole rings is 1. The van der Waals surface area contributed by atoms with Gasteiger partial charge in [-0.15, -0.1) is 22.7 Å². The van der Waals surface area contributed by atoms with Gasteiger partial charge >= 0.3 is 0 Å². The van der Waals surface area contributed by atoms with E-state index in [0.717, 1.165) is 34.4 Å². The number of aromatic nitrogens is 1.